The molecule has 1 aliphatic heterocycles. The molecule has 0 spiro atoms. The third kappa shape index (κ3) is 3.32. The zero-order valence-electron chi connectivity index (χ0n) is 10.6. The van der Waals surface area contributed by atoms with Crippen LogP contribution in [0.5, 0.6) is 0 Å². The first-order valence-corrected chi connectivity index (χ1v) is 6.49. The predicted molar refractivity (Wildman–Crippen MR) is 69.9 cm³/mol. The number of aliphatic carboxylic acids is 1. The summed E-state index contributed by atoms with van der Waals surface area (Å²) in [5.74, 6) is -0.910. The van der Waals surface area contributed by atoms with E-state index < -0.39 is 18.2 Å². The van der Waals surface area contributed by atoms with Gasteiger partial charge in [-0.2, -0.15) is 0 Å². The van der Waals surface area contributed by atoms with Crippen LogP contribution < -0.4 is 5.32 Å². The summed E-state index contributed by atoms with van der Waals surface area (Å²) in [5, 5.41) is 31.0. The van der Waals surface area contributed by atoms with Crippen molar-refractivity contribution in [2.24, 2.45) is 0 Å². The molecule has 5 heteroatoms. The van der Waals surface area contributed by atoms with E-state index in [0.29, 0.717) is 11.5 Å². The van der Waals surface area contributed by atoms with Gasteiger partial charge in [0.15, 0.2) is 6.10 Å². The third-order valence-corrected chi connectivity index (χ3v) is 3.64. The molecule has 4 N–H and O–H groups in total. The summed E-state index contributed by atoms with van der Waals surface area (Å²) in [5.41, 5.74) is 1.62. The molecule has 1 heterocycles. The van der Waals surface area contributed by atoms with E-state index in [2.05, 4.69) is 5.32 Å². The van der Waals surface area contributed by atoms with Crippen LogP contribution in [0.3, 0.4) is 0 Å². The van der Waals surface area contributed by atoms with Gasteiger partial charge in [-0.15, -0.1) is 0 Å². The Hall–Kier alpha value is -1.43. The zero-order chi connectivity index (χ0) is 13.8. The van der Waals surface area contributed by atoms with Crippen molar-refractivity contribution in [2.75, 3.05) is 13.1 Å². The monoisotopic (exact) mass is 265 g/mol. The molecule has 5 nitrogen and oxygen atoms in total. The second kappa shape index (κ2) is 6.14. The quantitative estimate of drug-likeness (QED) is 0.641. The number of hydrogen-bond donors (Lipinski definition) is 4. The van der Waals surface area contributed by atoms with Gasteiger partial charge in [0, 0.05) is 0 Å². The Bertz CT molecular complexity index is 426. The summed E-state index contributed by atoms with van der Waals surface area (Å²) < 4.78 is 0. The molecule has 1 aliphatic rings. The second-order valence-electron chi connectivity index (χ2n) is 4.92. The number of hydrogen-bond acceptors (Lipinski definition) is 4. The van der Waals surface area contributed by atoms with Crippen molar-refractivity contribution in [3.8, 4) is 0 Å². The third-order valence-electron chi connectivity index (χ3n) is 3.64. The van der Waals surface area contributed by atoms with Gasteiger partial charge in [-0.1, -0.05) is 24.3 Å². The first-order chi connectivity index (χ1) is 9.09. The molecule has 0 bridgehead atoms. The van der Waals surface area contributed by atoms with Crippen molar-refractivity contribution < 1.29 is 20.1 Å². The maximum Gasteiger partial charge on any atom is 0.335 e. The summed E-state index contributed by atoms with van der Waals surface area (Å²) in [7, 11) is 0. The molecule has 0 aromatic heterocycles. The van der Waals surface area contributed by atoms with Gasteiger partial charge in [0.05, 0.1) is 0 Å². The van der Waals surface area contributed by atoms with Crippen molar-refractivity contribution in [2.45, 2.75) is 31.0 Å². The second-order valence-corrected chi connectivity index (χ2v) is 4.92. The topological polar surface area (TPSA) is 89.8 Å². The first-order valence-electron chi connectivity index (χ1n) is 6.49. The van der Waals surface area contributed by atoms with Crippen LogP contribution in [-0.4, -0.2) is 40.5 Å². The van der Waals surface area contributed by atoms with E-state index in [9.17, 15) is 15.0 Å². The molecule has 2 rings (SSSR count). The number of carbonyl (C=O) groups is 1. The van der Waals surface area contributed by atoms with Gasteiger partial charge in [0.25, 0.3) is 0 Å². The minimum atomic E-state index is -1.79. The van der Waals surface area contributed by atoms with Gasteiger partial charge < -0.3 is 20.6 Å². The van der Waals surface area contributed by atoms with Crippen molar-refractivity contribution in [1.29, 1.82) is 0 Å². The predicted octanol–water partition coefficient (Wildman–Crippen LogP) is 0.632. The van der Waals surface area contributed by atoms with Gasteiger partial charge in [0.1, 0.15) is 6.10 Å². The number of nitrogens with one attached hydrogen (secondary N) is 1. The highest BCUT2D eigenvalue weighted by molar-refractivity contribution is 5.73. The molecule has 1 aromatic rings. The van der Waals surface area contributed by atoms with E-state index in [1.807, 2.05) is 12.1 Å². The van der Waals surface area contributed by atoms with Crippen molar-refractivity contribution >= 4 is 5.97 Å². The molecule has 0 saturated carbocycles. The van der Waals surface area contributed by atoms with E-state index in [1.165, 1.54) is 5.56 Å². The number of rotatable bonds is 4. The zero-order valence-corrected chi connectivity index (χ0v) is 10.6. The van der Waals surface area contributed by atoms with Gasteiger partial charge in [0.2, 0.25) is 0 Å². The molecule has 0 radical (unpaired) electrons. The molecule has 1 fully saturated rings. The van der Waals surface area contributed by atoms with Crippen LogP contribution in [0.2, 0.25) is 0 Å². The van der Waals surface area contributed by atoms with E-state index in [1.54, 1.807) is 12.1 Å². The number of carboxylic acid groups (broad SMARTS) is 1. The van der Waals surface area contributed by atoms with E-state index in [4.69, 9.17) is 5.11 Å². The van der Waals surface area contributed by atoms with E-state index in [-0.39, 0.29) is 0 Å². The molecule has 104 valence electrons. The average molecular weight is 265 g/mol. The highest BCUT2D eigenvalue weighted by Crippen LogP contribution is 2.27. The lowest BCUT2D eigenvalue weighted by molar-refractivity contribution is -0.153. The summed E-state index contributed by atoms with van der Waals surface area (Å²) in [6.07, 6.45) is -1.01. The van der Waals surface area contributed by atoms with Crippen molar-refractivity contribution in [1.82, 2.24) is 5.32 Å². The van der Waals surface area contributed by atoms with Crippen molar-refractivity contribution in [3.05, 3.63) is 35.4 Å². The summed E-state index contributed by atoms with van der Waals surface area (Å²) in [4.78, 5) is 10.6. The van der Waals surface area contributed by atoms with Crippen LogP contribution in [-0.2, 0) is 4.79 Å². The van der Waals surface area contributed by atoms with Gasteiger partial charge >= 0.3 is 5.97 Å². The van der Waals surface area contributed by atoms with Gasteiger partial charge in [-0.25, -0.2) is 4.79 Å². The Morgan fingerprint density at radius 1 is 1.16 bits per heavy atom. The van der Waals surface area contributed by atoms with Gasteiger partial charge in [-0.05, 0) is 43.0 Å². The maximum atomic E-state index is 10.6. The number of benzene rings is 1. The molecular weight excluding hydrogens is 246 g/mol. The van der Waals surface area contributed by atoms with Crippen LogP contribution >= 0.6 is 0 Å². The molecule has 0 aliphatic carbocycles. The lowest BCUT2D eigenvalue weighted by atomic mass is 9.89. The fourth-order valence-electron chi connectivity index (χ4n) is 2.44. The summed E-state index contributed by atoms with van der Waals surface area (Å²) in [6.45, 7) is 2.01. The normalized spacial score (nSPS) is 19.9. The smallest absolute Gasteiger partial charge is 0.335 e. The Kier molecular flexibility index (Phi) is 4.52. The Morgan fingerprint density at radius 3 is 2.26 bits per heavy atom. The number of aliphatic hydroxyl groups is 2. The molecule has 0 amide bonds. The fourth-order valence-corrected chi connectivity index (χ4v) is 2.44. The number of carboxylic acids is 1. The molecule has 1 saturated heterocycles. The summed E-state index contributed by atoms with van der Waals surface area (Å²) >= 11 is 0. The standard InChI is InChI=1S/C14H19NO4/c16-12(13(17)14(18)19)11-3-1-9(2-4-11)10-5-7-15-8-6-10/h1-4,10,12-13,15-17H,5-8H2,(H,18,19). The fraction of sp³-hybridized carbons (Fsp3) is 0.500. The van der Waals surface area contributed by atoms with Crippen LogP contribution in [0.1, 0.15) is 36.0 Å². The Morgan fingerprint density at radius 2 is 1.74 bits per heavy atom. The summed E-state index contributed by atoms with van der Waals surface area (Å²) in [6, 6.07) is 7.19. The highest BCUT2D eigenvalue weighted by Gasteiger charge is 2.25. The van der Waals surface area contributed by atoms with Crippen LogP contribution in [0.4, 0.5) is 0 Å². The minimum absolute atomic E-state index is 0.424. The minimum Gasteiger partial charge on any atom is -0.479 e. The van der Waals surface area contributed by atoms with E-state index >= 15 is 0 Å². The molecule has 2 unspecified atom stereocenters. The van der Waals surface area contributed by atoms with Crippen LogP contribution in [0.15, 0.2) is 24.3 Å². The van der Waals surface area contributed by atoms with Crippen molar-refractivity contribution in [3.63, 3.8) is 0 Å². The van der Waals surface area contributed by atoms with E-state index in [0.717, 1.165) is 25.9 Å². The van der Waals surface area contributed by atoms with Crippen LogP contribution in [0.25, 0.3) is 0 Å². The SMILES string of the molecule is O=C(O)C(O)C(O)c1ccc(C2CCNCC2)cc1. The number of aliphatic hydroxyl groups excluding tert-OH is 2. The molecule has 2 atom stereocenters. The highest BCUT2D eigenvalue weighted by atomic mass is 16.4. The average Bonchev–Trinajstić information content (AvgIpc) is 2.46. The lowest BCUT2D eigenvalue weighted by Gasteiger charge is -2.23. The largest absolute Gasteiger partial charge is 0.479 e. The first kappa shape index (κ1) is 14.0. The molecular formula is C14H19NO4. The number of piperidine rings is 1. The van der Waals surface area contributed by atoms with Gasteiger partial charge in [-0.3, -0.25) is 0 Å². The Labute approximate surface area is 111 Å². The molecule has 1 aromatic carbocycles. The Balaban J connectivity index is 2.07. The lowest BCUT2D eigenvalue weighted by Crippen LogP contribution is -2.28. The molecule has 19 heavy (non-hydrogen) atoms. The maximum absolute atomic E-state index is 10.6. The van der Waals surface area contributed by atoms with Crippen LogP contribution in [0, 0.1) is 0 Å².